The fraction of sp³-hybridized carbons (Fsp3) is 0.600. The van der Waals surface area contributed by atoms with Gasteiger partial charge >= 0.3 is 7.60 Å². The predicted octanol–water partition coefficient (Wildman–Crippen LogP) is 0.403. The lowest BCUT2D eigenvalue weighted by molar-refractivity contribution is -0.130. The Balaban J connectivity index is 3.06. The maximum Gasteiger partial charge on any atom is 0.342 e. The summed E-state index contributed by atoms with van der Waals surface area (Å²) in [4.78, 5) is 44.8. The van der Waals surface area contributed by atoms with Crippen LogP contribution in [0, 0.1) is 5.92 Å². The normalized spacial score (nSPS) is 15.1. The van der Waals surface area contributed by atoms with E-state index in [0.717, 1.165) is 11.8 Å². The minimum absolute atomic E-state index is 0.0156. The Morgan fingerprint density at radius 1 is 1.06 bits per heavy atom. The van der Waals surface area contributed by atoms with Crippen LogP contribution in [0.2, 0.25) is 0 Å². The van der Waals surface area contributed by atoms with Crippen molar-refractivity contribution in [3.63, 3.8) is 0 Å². The SMILES string of the molecule is CNC(=O)C(Cc1ccccc1)NC(=O)[C@H](CC(C)C)N[C@H](CCS(C)(=O)=O)P(=O)(O)O. The number of rotatable bonds is 13. The van der Waals surface area contributed by atoms with Gasteiger partial charge in [0.1, 0.15) is 21.7 Å². The summed E-state index contributed by atoms with van der Waals surface area (Å²) in [6.45, 7) is 3.68. The van der Waals surface area contributed by atoms with Gasteiger partial charge < -0.3 is 20.4 Å². The van der Waals surface area contributed by atoms with Gasteiger partial charge in [0.15, 0.2) is 0 Å². The van der Waals surface area contributed by atoms with Crippen molar-refractivity contribution in [3.8, 4) is 0 Å². The van der Waals surface area contributed by atoms with Gasteiger partial charge in [0, 0.05) is 19.7 Å². The summed E-state index contributed by atoms with van der Waals surface area (Å²) in [5, 5.41) is 7.83. The molecule has 0 saturated carbocycles. The van der Waals surface area contributed by atoms with Gasteiger partial charge in [-0.25, -0.2) is 8.42 Å². The van der Waals surface area contributed by atoms with E-state index in [0.29, 0.717) is 0 Å². The third-order valence-corrected chi connectivity index (χ3v) is 6.94. The molecule has 5 N–H and O–H groups in total. The van der Waals surface area contributed by atoms with Gasteiger partial charge in [-0.15, -0.1) is 0 Å². The Morgan fingerprint density at radius 3 is 2.12 bits per heavy atom. The number of amides is 2. The number of sulfone groups is 1. The van der Waals surface area contributed by atoms with Crippen LogP contribution in [0.3, 0.4) is 0 Å². The Kier molecular flexibility index (Phi) is 11.0. The van der Waals surface area contributed by atoms with Crippen LogP contribution in [-0.2, 0) is 30.4 Å². The molecule has 0 saturated heterocycles. The summed E-state index contributed by atoms with van der Waals surface area (Å²) in [7, 11) is -6.76. The number of carbonyl (C=O) groups is 2. The first-order valence-corrected chi connectivity index (χ1v) is 14.0. The number of nitrogens with one attached hydrogen (secondary N) is 3. The lowest BCUT2D eigenvalue weighted by atomic mass is 10.0. The highest BCUT2D eigenvalue weighted by atomic mass is 32.2. The van der Waals surface area contributed by atoms with Crippen molar-refractivity contribution in [3.05, 3.63) is 35.9 Å². The minimum atomic E-state index is -4.75. The maximum absolute atomic E-state index is 13.0. The molecule has 0 aliphatic rings. The van der Waals surface area contributed by atoms with E-state index >= 15 is 0 Å². The molecular weight excluding hydrogens is 457 g/mol. The van der Waals surface area contributed by atoms with Crippen LogP contribution in [0.1, 0.15) is 32.3 Å². The molecule has 10 nitrogen and oxygen atoms in total. The summed E-state index contributed by atoms with van der Waals surface area (Å²) in [6, 6.07) is 7.17. The second-order valence-corrected chi connectivity index (χ2v) is 12.3. The molecule has 1 aromatic carbocycles. The van der Waals surface area contributed by atoms with Gasteiger partial charge in [-0.1, -0.05) is 44.2 Å². The van der Waals surface area contributed by atoms with Gasteiger partial charge in [0.05, 0.1) is 11.8 Å². The van der Waals surface area contributed by atoms with E-state index < -0.39 is 52.9 Å². The summed E-state index contributed by atoms with van der Waals surface area (Å²) in [5.74, 6) is -2.98. The molecule has 0 spiro atoms. The van der Waals surface area contributed by atoms with Gasteiger partial charge in [-0.05, 0) is 24.3 Å². The van der Waals surface area contributed by atoms with E-state index in [1.807, 2.05) is 44.2 Å². The zero-order chi connectivity index (χ0) is 24.5. The highest BCUT2D eigenvalue weighted by molar-refractivity contribution is 7.90. The molecule has 0 fully saturated rings. The third kappa shape index (κ3) is 10.7. The second kappa shape index (κ2) is 12.5. The van der Waals surface area contributed by atoms with E-state index in [1.54, 1.807) is 0 Å². The molecule has 12 heteroatoms. The first kappa shape index (κ1) is 28.3. The van der Waals surface area contributed by atoms with Crippen molar-refractivity contribution in [2.24, 2.45) is 5.92 Å². The molecule has 0 aliphatic carbocycles. The van der Waals surface area contributed by atoms with Gasteiger partial charge in [0.25, 0.3) is 0 Å². The molecule has 2 amide bonds. The van der Waals surface area contributed by atoms with Gasteiger partial charge in [-0.3, -0.25) is 19.5 Å². The van der Waals surface area contributed by atoms with E-state index in [1.165, 1.54) is 7.05 Å². The zero-order valence-electron chi connectivity index (χ0n) is 18.8. The van der Waals surface area contributed by atoms with Crippen molar-refractivity contribution < 1.29 is 32.4 Å². The molecule has 1 unspecified atom stereocenters. The lowest BCUT2D eigenvalue weighted by Gasteiger charge is -2.28. The second-order valence-electron chi connectivity index (χ2n) is 8.24. The fourth-order valence-corrected chi connectivity index (χ4v) is 4.81. The van der Waals surface area contributed by atoms with Crippen molar-refractivity contribution in [2.75, 3.05) is 19.1 Å². The number of benzene rings is 1. The average Bonchev–Trinajstić information content (AvgIpc) is 2.67. The average molecular weight is 492 g/mol. The summed E-state index contributed by atoms with van der Waals surface area (Å²) in [6.07, 6.45) is 1.08. The first-order valence-electron chi connectivity index (χ1n) is 10.3. The van der Waals surface area contributed by atoms with Crippen LogP contribution in [0.5, 0.6) is 0 Å². The van der Waals surface area contributed by atoms with Crippen molar-refractivity contribution in [1.82, 2.24) is 16.0 Å². The molecular formula is C20H34N3O7PS. The van der Waals surface area contributed by atoms with Crippen LogP contribution >= 0.6 is 7.60 Å². The maximum atomic E-state index is 13.0. The van der Waals surface area contributed by atoms with Crippen molar-refractivity contribution >= 4 is 29.2 Å². The van der Waals surface area contributed by atoms with Gasteiger partial charge in [0.2, 0.25) is 11.8 Å². The zero-order valence-corrected chi connectivity index (χ0v) is 20.5. The van der Waals surface area contributed by atoms with E-state index in [-0.39, 0.29) is 25.2 Å². The molecule has 1 aromatic rings. The molecule has 182 valence electrons. The number of carbonyl (C=O) groups excluding carboxylic acids is 2. The lowest BCUT2D eigenvalue weighted by Crippen LogP contribution is -2.55. The van der Waals surface area contributed by atoms with Gasteiger partial charge in [-0.2, -0.15) is 0 Å². The van der Waals surface area contributed by atoms with E-state index in [9.17, 15) is 32.4 Å². The number of hydrogen-bond acceptors (Lipinski definition) is 6. The topological polar surface area (TPSA) is 162 Å². The predicted molar refractivity (Wildman–Crippen MR) is 123 cm³/mol. The molecule has 0 radical (unpaired) electrons. The molecule has 0 aliphatic heterocycles. The van der Waals surface area contributed by atoms with Crippen LogP contribution in [0.4, 0.5) is 0 Å². The first-order chi connectivity index (χ1) is 14.7. The molecule has 32 heavy (non-hydrogen) atoms. The number of likely N-dealkylation sites (N-methyl/N-ethyl adjacent to an activating group) is 1. The monoisotopic (exact) mass is 491 g/mol. The van der Waals surface area contributed by atoms with Crippen LogP contribution in [-0.4, -0.2) is 66.9 Å². The van der Waals surface area contributed by atoms with Crippen LogP contribution < -0.4 is 16.0 Å². The Hall–Kier alpha value is -1.78. The highest BCUT2D eigenvalue weighted by Gasteiger charge is 2.35. The molecule has 0 bridgehead atoms. The quantitative estimate of drug-likeness (QED) is 0.248. The van der Waals surface area contributed by atoms with Crippen molar-refractivity contribution in [2.45, 2.75) is 51.0 Å². The molecule has 3 atom stereocenters. The Labute approximate surface area is 189 Å². The smallest absolute Gasteiger partial charge is 0.342 e. The van der Waals surface area contributed by atoms with Crippen LogP contribution in [0.25, 0.3) is 0 Å². The summed E-state index contributed by atoms with van der Waals surface area (Å²) in [5.41, 5.74) is 0.830. The van der Waals surface area contributed by atoms with E-state index in [2.05, 4.69) is 16.0 Å². The van der Waals surface area contributed by atoms with Crippen LogP contribution in [0.15, 0.2) is 30.3 Å². The fourth-order valence-electron chi connectivity index (χ4n) is 3.13. The summed E-state index contributed by atoms with van der Waals surface area (Å²) < 4.78 is 34.9. The Morgan fingerprint density at radius 2 is 1.66 bits per heavy atom. The third-order valence-electron chi connectivity index (χ3n) is 4.75. The molecule has 0 heterocycles. The highest BCUT2D eigenvalue weighted by Crippen LogP contribution is 2.42. The number of hydrogen-bond donors (Lipinski definition) is 5. The standard InChI is InChI=1S/C20H34N3O7PS/c1-14(2)12-16(22-18(31(26,27)28)10-11-32(4,29)30)20(25)23-17(19(24)21-3)13-15-8-6-5-7-9-15/h5-9,14,16-18,22H,10-13H2,1-4H3,(H,21,24)(H,23,25)(H2,26,27,28)/t16-,17?,18-/m0/s1. The molecule has 0 aromatic heterocycles. The molecule has 1 rings (SSSR count). The Bertz CT molecular complexity index is 903. The van der Waals surface area contributed by atoms with E-state index in [4.69, 9.17) is 0 Å². The summed E-state index contributed by atoms with van der Waals surface area (Å²) >= 11 is 0. The minimum Gasteiger partial charge on any atom is -0.357 e. The largest absolute Gasteiger partial charge is 0.357 e. The van der Waals surface area contributed by atoms with Crippen molar-refractivity contribution in [1.29, 1.82) is 0 Å².